The highest BCUT2D eigenvalue weighted by Crippen LogP contribution is 2.29. The molecule has 0 radical (unpaired) electrons. The molecule has 17 heavy (non-hydrogen) atoms. The van der Waals surface area contributed by atoms with Crippen LogP contribution in [0.5, 0.6) is 5.75 Å². The van der Waals surface area contributed by atoms with Crippen molar-refractivity contribution in [3.63, 3.8) is 0 Å². The van der Waals surface area contributed by atoms with E-state index in [0.717, 1.165) is 18.5 Å². The number of methoxy groups -OCH3 is 2. The zero-order chi connectivity index (χ0) is 12.3. The first-order chi connectivity index (χ1) is 8.24. The molecule has 1 aromatic carbocycles. The Bertz CT molecular complexity index is 382. The third-order valence-electron chi connectivity index (χ3n) is 3.34. The molecule has 4 nitrogen and oxygen atoms in total. The van der Waals surface area contributed by atoms with Crippen molar-refractivity contribution in [3.8, 4) is 5.75 Å². The van der Waals surface area contributed by atoms with Crippen LogP contribution in [0.1, 0.15) is 19.3 Å². The number of rotatable bonds is 4. The number of hydrogen-bond donors (Lipinski definition) is 2. The number of benzene rings is 1. The molecule has 2 unspecified atom stereocenters. The van der Waals surface area contributed by atoms with Gasteiger partial charge in [0.25, 0.3) is 0 Å². The maximum absolute atomic E-state index is 5.78. The molecule has 94 valence electrons. The molecule has 4 heteroatoms. The van der Waals surface area contributed by atoms with Gasteiger partial charge in [0.15, 0.2) is 0 Å². The van der Waals surface area contributed by atoms with E-state index in [4.69, 9.17) is 15.2 Å². The normalized spacial score (nSPS) is 23.6. The molecule has 1 aliphatic rings. The van der Waals surface area contributed by atoms with Crippen molar-refractivity contribution < 1.29 is 9.47 Å². The lowest BCUT2D eigenvalue weighted by Gasteiger charge is -2.21. The van der Waals surface area contributed by atoms with Crippen molar-refractivity contribution >= 4 is 11.4 Å². The first kappa shape index (κ1) is 12.0. The summed E-state index contributed by atoms with van der Waals surface area (Å²) in [5.41, 5.74) is 7.48. The minimum Gasteiger partial charge on any atom is -0.495 e. The molecule has 2 atom stereocenters. The first-order valence-electron chi connectivity index (χ1n) is 5.97. The van der Waals surface area contributed by atoms with E-state index in [2.05, 4.69) is 5.32 Å². The van der Waals surface area contributed by atoms with Crippen LogP contribution in [0.3, 0.4) is 0 Å². The molecular formula is C13H20N2O2. The third-order valence-corrected chi connectivity index (χ3v) is 3.34. The predicted molar refractivity (Wildman–Crippen MR) is 69.5 cm³/mol. The highest BCUT2D eigenvalue weighted by Gasteiger charge is 2.26. The van der Waals surface area contributed by atoms with Crippen LogP contribution in [-0.4, -0.2) is 26.4 Å². The summed E-state index contributed by atoms with van der Waals surface area (Å²) in [6.45, 7) is 0. The zero-order valence-electron chi connectivity index (χ0n) is 10.4. The van der Waals surface area contributed by atoms with Crippen molar-refractivity contribution in [2.75, 3.05) is 25.3 Å². The standard InChI is InChI=1S/C13H20N2O2/c1-16-12-5-3-4-11(12)15-9-6-7-10(14)13(8-9)17-2/h6-8,11-12,15H,3-5,14H2,1-2H3. The van der Waals surface area contributed by atoms with Gasteiger partial charge in [0.05, 0.1) is 24.9 Å². The number of hydrogen-bond acceptors (Lipinski definition) is 4. The number of nitrogens with one attached hydrogen (secondary N) is 1. The Morgan fingerprint density at radius 1 is 1.29 bits per heavy atom. The average molecular weight is 236 g/mol. The van der Waals surface area contributed by atoms with Gasteiger partial charge in [-0.1, -0.05) is 0 Å². The molecular weight excluding hydrogens is 216 g/mol. The second kappa shape index (κ2) is 5.27. The van der Waals surface area contributed by atoms with Crippen molar-refractivity contribution in [2.24, 2.45) is 0 Å². The molecule has 0 aromatic heterocycles. The molecule has 0 bridgehead atoms. The van der Waals surface area contributed by atoms with Crippen LogP contribution in [0.4, 0.5) is 11.4 Å². The molecule has 0 heterocycles. The Balaban J connectivity index is 2.08. The Morgan fingerprint density at radius 3 is 2.82 bits per heavy atom. The second-order valence-corrected chi connectivity index (χ2v) is 4.41. The third kappa shape index (κ3) is 2.64. The highest BCUT2D eigenvalue weighted by molar-refractivity contribution is 5.61. The van der Waals surface area contributed by atoms with Crippen molar-refractivity contribution in [1.29, 1.82) is 0 Å². The van der Waals surface area contributed by atoms with Crippen molar-refractivity contribution in [1.82, 2.24) is 0 Å². The summed E-state index contributed by atoms with van der Waals surface area (Å²) in [7, 11) is 3.40. The Morgan fingerprint density at radius 2 is 2.12 bits per heavy atom. The molecule has 0 spiro atoms. The van der Waals surface area contributed by atoms with Gasteiger partial charge in [0.1, 0.15) is 5.75 Å². The average Bonchev–Trinajstić information content (AvgIpc) is 2.79. The highest BCUT2D eigenvalue weighted by atomic mass is 16.5. The van der Waals surface area contributed by atoms with Gasteiger partial charge < -0.3 is 20.5 Å². The molecule has 1 fully saturated rings. The maximum atomic E-state index is 5.78. The first-order valence-corrected chi connectivity index (χ1v) is 5.97. The van der Waals surface area contributed by atoms with E-state index in [0.29, 0.717) is 23.6 Å². The Labute approximate surface area is 102 Å². The summed E-state index contributed by atoms with van der Waals surface area (Å²) in [6.07, 6.45) is 3.78. The van der Waals surface area contributed by atoms with Gasteiger partial charge in [-0.25, -0.2) is 0 Å². The topological polar surface area (TPSA) is 56.5 Å². The van der Waals surface area contributed by atoms with Gasteiger partial charge in [-0.2, -0.15) is 0 Å². The summed E-state index contributed by atoms with van der Waals surface area (Å²) >= 11 is 0. The molecule has 1 saturated carbocycles. The summed E-state index contributed by atoms with van der Waals surface area (Å²) < 4.78 is 10.7. The predicted octanol–water partition coefficient (Wildman–Crippen LogP) is 2.26. The van der Waals surface area contributed by atoms with E-state index < -0.39 is 0 Å². The van der Waals surface area contributed by atoms with Crippen LogP contribution < -0.4 is 15.8 Å². The van der Waals surface area contributed by atoms with Crippen LogP contribution >= 0.6 is 0 Å². The van der Waals surface area contributed by atoms with E-state index in [1.807, 2.05) is 18.2 Å². The molecule has 2 rings (SSSR count). The van der Waals surface area contributed by atoms with Crippen LogP contribution in [-0.2, 0) is 4.74 Å². The van der Waals surface area contributed by atoms with Crippen LogP contribution in [0.25, 0.3) is 0 Å². The van der Waals surface area contributed by atoms with E-state index in [9.17, 15) is 0 Å². The largest absolute Gasteiger partial charge is 0.495 e. The fourth-order valence-corrected chi connectivity index (χ4v) is 2.39. The van der Waals surface area contributed by atoms with E-state index in [1.165, 1.54) is 6.42 Å². The molecule has 3 N–H and O–H groups in total. The zero-order valence-corrected chi connectivity index (χ0v) is 10.4. The minimum atomic E-state index is 0.304. The quantitative estimate of drug-likeness (QED) is 0.787. The van der Waals surface area contributed by atoms with Gasteiger partial charge in [0, 0.05) is 18.9 Å². The fraction of sp³-hybridized carbons (Fsp3) is 0.538. The van der Waals surface area contributed by atoms with Gasteiger partial charge >= 0.3 is 0 Å². The van der Waals surface area contributed by atoms with Crippen molar-refractivity contribution in [3.05, 3.63) is 18.2 Å². The lowest BCUT2D eigenvalue weighted by atomic mass is 10.2. The summed E-state index contributed by atoms with van der Waals surface area (Å²) in [4.78, 5) is 0. The van der Waals surface area contributed by atoms with E-state index in [1.54, 1.807) is 14.2 Å². The maximum Gasteiger partial charge on any atom is 0.143 e. The van der Waals surface area contributed by atoms with Gasteiger partial charge in [0.2, 0.25) is 0 Å². The van der Waals surface area contributed by atoms with Crippen LogP contribution in [0, 0.1) is 0 Å². The van der Waals surface area contributed by atoms with Gasteiger partial charge in [-0.05, 0) is 31.4 Å². The Kier molecular flexibility index (Phi) is 3.74. The number of nitrogen functional groups attached to an aromatic ring is 1. The van der Waals surface area contributed by atoms with E-state index in [-0.39, 0.29) is 0 Å². The second-order valence-electron chi connectivity index (χ2n) is 4.41. The minimum absolute atomic E-state index is 0.304. The molecule has 0 aliphatic heterocycles. The fourth-order valence-electron chi connectivity index (χ4n) is 2.39. The lowest BCUT2D eigenvalue weighted by Crippen LogP contribution is -2.29. The van der Waals surface area contributed by atoms with E-state index >= 15 is 0 Å². The number of anilines is 2. The molecule has 0 amide bonds. The molecule has 1 aliphatic carbocycles. The monoisotopic (exact) mass is 236 g/mol. The summed E-state index contributed by atoms with van der Waals surface area (Å²) in [5, 5.41) is 3.48. The number of ether oxygens (including phenoxy) is 2. The lowest BCUT2D eigenvalue weighted by molar-refractivity contribution is 0.101. The molecule has 1 aromatic rings. The van der Waals surface area contributed by atoms with Crippen LogP contribution in [0.2, 0.25) is 0 Å². The van der Waals surface area contributed by atoms with Gasteiger partial charge in [-0.15, -0.1) is 0 Å². The Hall–Kier alpha value is -1.42. The smallest absolute Gasteiger partial charge is 0.143 e. The van der Waals surface area contributed by atoms with Crippen molar-refractivity contribution in [2.45, 2.75) is 31.4 Å². The molecule has 0 saturated heterocycles. The van der Waals surface area contributed by atoms with Crippen LogP contribution in [0.15, 0.2) is 18.2 Å². The SMILES string of the molecule is COc1cc(NC2CCCC2OC)ccc1N. The summed E-state index contributed by atoms with van der Waals surface area (Å²) in [6, 6.07) is 6.15. The van der Waals surface area contributed by atoms with Gasteiger partial charge in [-0.3, -0.25) is 0 Å². The number of nitrogens with two attached hydrogens (primary N) is 1. The summed E-state index contributed by atoms with van der Waals surface area (Å²) in [5.74, 6) is 0.710.